The lowest BCUT2D eigenvalue weighted by atomic mass is 9.91. The van der Waals surface area contributed by atoms with Crippen LogP contribution in [0.4, 0.5) is 0 Å². The fourth-order valence-electron chi connectivity index (χ4n) is 3.08. The number of nitrogens with zero attached hydrogens (tertiary/aromatic N) is 1. The van der Waals surface area contributed by atoms with Crippen LogP contribution >= 0.6 is 0 Å². The van der Waals surface area contributed by atoms with Gasteiger partial charge >= 0.3 is 0 Å². The maximum atomic E-state index is 10.7. The normalized spacial score (nSPS) is 18.6. The minimum Gasteiger partial charge on any atom is -0.489 e. The molecule has 110 valence electrons. The lowest BCUT2D eigenvalue weighted by Gasteiger charge is -2.20. The van der Waals surface area contributed by atoms with Crippen molar-refractivity contribution in [3.05, 3.63) is 59.4 Å². The first kappa shape index (κ1) is 14.1. The Bertz CT molecular complexity index is 624. The van der Waals surface area contributed by atoms with Gasteiger partial charge in [0, 0.05) is 17.7 Å². The predicted molar refractivity (Wildman–Crippen MR) is 82.5 cm³/mol. The molecule has 0 aliphatic heterocycles. The van der Waals surface area contributed by atoms with E-state index in [0.29, 0.717) is 5.75 Å². The van der Waals surface area contributed by atoms with Gasteiger partial charge in [0.15, 0.2) is 0 Å². The first-order valence-corrected chi connectivity index (χ1v) is 7.52. The van der Waals surface area contributed by atoms with Crippen molar-refractivity contribution in [2.75, 3.05) is 0 Å². The molecule has 1 aliphatic rings. The van der Waals surface area contributed by atoms with Crippen LogP contribution < -0.4 is 4.74 Å². The molecule has 1 aliphatic carbocycles. The zero-order chi connectivity index (χ0) is 14.8. The second kappa shape index (κ2) is 5.86. The van der Waals surface area contributed by atoms with Crippen molar-refractivity contribution in [2.45, 2.75) is 44.8 Å². The maximum absolute atomic E-state index is 10.7. The Morgan fingerprint density at radius 2 is 2.05 bits per heavy atom. The van der Waals surface area contributed by atoms with Crippen molar-refractivity contribution >= 4 is 0 Å². The van der Waals surface area contributed by atoms with E-state index in [2.05, 4.69) is 23.2 Å². The lowest BCUT2D eigenvalue weighted by molar-refractivity contribution is 0.143. The first-order chi connectivity index (χ1) is 10.1. The summed E-state index contributed by atoms with van der Waals surface area (Å²) in [6.45, 7) is 3.96. The number of aryl methyl sites for hydroxylation is 1. The Labute approximate surface area is 125 Å². The van der Waals surface area contributed by atoms with E-state index in [9.17, 15) is 5.11 Å². The van der Waals surface area contributed by atoms with Gasteiger partial charge in [-0.1, -0.05) is 24.3 Å². The summed E-state index contributed by atoms with van der Waals surface area (Å²) >= 11 is 0. The molecule has 3 rings (SSSR count). The van der Waals surface area contributed by atoms with Crippen LogP contribution in [-0.2, 0) is 6.42 Å². The smallest absolute Gasteiger partial charge is 0.138 e. The minimum atomic E-state index is -0.531. The van der Waals surface area contributed by atoms with E-state index in [1.165, 1.54) is 11.1 Å². The highest BCUT2D eigenvalue weighted by Crippen LogP contribution is 2.41. The Morgan fingerprint density at radius 1 is 1.24 bits per heavy atom. The molecular formula is C18H21NO2. The zero-order valence-electron chi connectivity index (χ0n) is 12.5. The molecule has 1 N–H and O–H groups in total. The molecule has 1 aromatic heterocycles. The topological polar surface area (TPSA) is 42.4 Å². The largest absolute Gasteiger partial charge is 0.489 e. The molecular weight excluding hydrogens is 262 g/mol. The summed E-state index contributed by atoms with van der Waals surface area (Å²) in [5, 5.41) is 10.7. The maximum Gasteiger partial charge on any atom is 0.138 e. The Morgan fingerprint density at radius 3 is 2.86 bits per heavy atom. The minimum absolute atomic E-state index is 0.103. The molecule has 21 heavy (non-hydrogen) atoms. The highest BCUT2D eigenvalue weighted by atomic mass is 16.5. The van der Waals surface area contributed by atoms with Gasteiger partial charge in [-0.3, -0.25) is 4.98 Å². The van der Waals surface area contributed by atoms with Crippen molar-refractivity contribution in [2.24, 2.45) is 0 Å². The second-order valence-electron chi connectivity index (χ2n) is 5.91. The number of aliphatic hydroxyl groups is 1. The van der Waals surface area contributed by atoms with Gasteiger partial charge < -0.3 is 9.84 Å². The summed E-state index contributed by atoms with van der Waals surface area (Å²) in [6.07, 6.45) is 5.02. The van der Waals surface area contributed by atoms with Crippen molar-refractivity contribution < 1.29 is 9.84 Å². The number of hydrogen-bond acceptors (Lipinski definition) is 3. The van der Waals surface area contributed by atoms with Crippen LogP contribution in [0.15, 0.2) is 42.7 Å². The van der Waals surface area contributed by atoms with E-state index in [0.717, 1.165) is 18.4 Å². The van der Waals surface area contributed by atoms with Crippen molar-refractivity contribution in [1.29, 1.82) is 0 Å². The van der Waals surface area contributed by atoms with Crippen LogP contribution in [-0.4, -0.2) is 16.2 Å². The van der Waals surface area contributed by atoms with Gasteiger partial charge in [-0.25, -0.2) is 0 Å². The number of pyridine rings is 1. The number of fused-ring (bicyclic) bond motifs is 1. The lowest BCUT2D eigenvalue weighted by Crippen LogP contribution is -2.10. The third-order valence-electron chi connectivity index (χ3n) is 4.01. The molecule has 0 saturated heterocycles. The molecule has 0 bridgehead atoms. The van der Waals surface area contributed by atoms with E-state index < -0.39 is 6.10 Å². The van der Waals surface area contributed by atoms with Gasteiger partial charge in [-0.05, 0) is 43.9 Å². The highest BCUT2D eigenvalue weighted by Gasteiger charge is 2.29. The number of hydrogen-bond donors (Lipinski definition) is 1. The fourth-order valence-corrected chi connectivity index (χ4v) is 3.08. The number of aliphatic hydroxyl groups excluding tert-OH is 1. The van der Waals surface area contributed by atoms with Gasteiger partial charge in [0.25, 0.3) is 0 Å². The molecule has 0 radical (unpaired) electrons. The van der Waals surface area contributed by atoms with Crippen molar-refractivity contribution in [1.82, 2.24) is 4.98 Å². The monoisotopic (exact) mass is 283 g/mol. The van der Waals surface area contributed by atoms with Gasteiger partial charge in [0.1, 0.15) is 5.75 Å². The molecule has 2 atom stereocenters. The predicted octanol–water partition coefficient (Wildman–Crippen LogP) is 3.63. The number of rotatable bonds is 4. The van der Waals surface area contributed by atoms with E-state index in [-0.39, 0.29) is 12.0 Å². The summed E-state index contributed by atoms with van der Waals surface area (Å²) in [5.41, 5.74) is 3.44. The van der Waals surface area contributed by atoms with Crippen LogP contribution in [0.5, 0.6) is 5.75 Å². The quantitative estimate of drug-likeness (QED) is 0.931. The van der Waals surface area contributed by atoms with Gasteiger partial charge in [0.2, 0.25) is 0 Å². The molecule has 2 aromatic rings. The molecule has 0 saturated carbocycles. The average Bonchev–Trinajstić information content (AvgIpc) is 2.90. The van der Waals surface area contributed by atoms with E-state index in [1.54, 1.807) is 12.4 Å². The summed E-state index contributed by atoms with van der Waals surface area (Å²) < 4.78 is 5.66. The van der Waals surface area contributed by atoms with E-state index in [1.807, 2.05) is 26.0 Å². The summed E-state index contributed by atoms with van der Waals surface area (Å²) in [4.78, 5) is 4.20. The summed E-state index contributed by atoms with van der Waals surface area (Å²) in [6, 6.07) is 10.3. The molecule has 0 fully saturated rings. The Balaban J connectivity index is 1.84. The van der Waals surface area contributed by atoms with Crippen LogP contribution in [0.2, 0.25) is 0 Å². The third-order valence-corrected chi connectivity index (χ3v) is 4.01. The number of aromatic nitrogens is 1. The number of benzene rings is 1. The van der Waals surface area contributed by atoms with Gasteiger partial charge in [-0.2, -0.15) is 0 Å². The van der Waals surface area contributed by atoms with Crippen molar-refractivity contribution in [3.8, 4) is 5.75 Å². The molecule has 3 nitrogen and oxygen atoms in total. The summed E-state index contributed by atoms with van der Waals surface area (Å²) in [7, 11) is 0. The van der Waals surface area contributed by atoms with Gasteiger partial charge in [-0.15, -0.1) is 0 Å². The second-order valence-corrected chi connectivity index (χ2v) is 5.91. The third kappa shape index (κ3) is 2.93. The standard InChI is InChI=1S/C18H21NO2/c1-12(2)21-15-9-14(10-19-11-15)18(20)17-8-7-13-5-3-4-6-16(13)17/h3-6,9-12,17-18,20H,7-8H2,1-2H3. The average molecular weight is 283 g/mol. The molecule has 0 amide bonds. The number of ether oxygens (including phenoxy) is 1. The zero-order valence-corrected chi connectivity index (χ0v) is 12.5. The van der Waals surface area contributed by atoms with Gasteiger partial charge in [0.05, 0.1) is 18.4 Å². The molecule has 1 aromatic carbocycles. The van der Waals surface area contributed by atoms with Crippen LogP contribution in [0.3, 0.4) is 0 Å². The molecule has 3 heteroatoms. The highest BCUT2D eigenvalue weighted by molar-refractivity contribution is 5.38. The molecule has 2 unspecified atom stereocenters. The molecule has 0 spiro atoms. The van der Waals surface area contributed by atoms with Crippen LogP contribution in [0.25, 0.3) is 0 Å². The van der Waals surface area contributed by atoms with Crippen molar-refractivity contribution in [3.63, 3.8) is 0 Å². The summed E-state index contributed by atoms with van der Waals surface area (Å²) in [5.74, 6) is 0.866. The Hall–Kier alpha value is -1.87. The fraction of sp³-hybridized carbons (Fsp3) is 0.389. The van der Waals surface area contributed by atoms with Crippen LogP contribution in [0.1, 0.15) is 49.0 Å². The van der Waals surface area contributed by atoms with E-state index >= 15 is 0 Å². The van der Waals surface area contributed by atoms with Crippen LogP contribution in [0, 0.1) is 0 Å². The van der Waals surface area contributed by atoms with E-state index in [4.69, 9.17) is 4.74 Å². The Kier molecular flexibility index (Phi) is 3.93. The SMILES string of the molecule is CC(C)Oc1cncc(C(O)C2CCc3ccccc32)c1. The first-order valence-electron chi connectivity index (χ1n) is 7.52. The molecule has 1 heterocycles.